The molecular weight excluding hydrogens is 462 g/mol. The zero-order valence-corrected chi connectivity index (χ0v) is 22.6. The van der Waals surface area contributed by atoms with Crippen molar-refractivity contribution in [1.29, 1.82) is 0 Å². The van der Waals surface area contributed by atoms with Gasteiger partial charge in [-0.1, -0.05) is 39.3 Å². The molecule has 3 saturated heterocycles. The van der Waals surface area contributed by atoms with Gasteiger partial charge in [0, 0.05) is 37.5 Å². The summed E-state index contributed by atoms with van der Waals surface area (Å²) in [6.45, 7) is 17.3. The van der Waals surface area contributed by atoms with E-state index in [1.54, 1.807) is 28.8 Å². The van der Waals surface area contributed by atoms with Gasteiger partial charge in [-0.25, -0.2) is 0 Å². The van der Waals surface area contributed by atoms with Gasteiger partial charge in [-0.2, -0.15) is 0 Å². The van der Waals surface area contributed by atoms with Gasteiger partial charge < -0.3 is 19.8 Å². The number of aliphatic hydroxyl groups excluding tert-OH is 1. The highest BCUT2D eigenvalue weighted by molar-refractivity contribution is 8.02. The van der Waals surface area contributed by atoms with E-state index in [-0.39, 0.29) is 48.1 Å². The van der Waals surface area contributed by atoms with E-state index in [1.807, 2.05) is 23.6 Å². The average molecular weight is 506 g/mol. The van der Waals surface area contributed by atoms with Crippen LogP contribution in [0.3, 0.4) is 0 Å². The zero-order chi connectivity index (χ0) is 25.9. The summed E-state index contributed by atoms with van der Waals surface area (Å²) in [6, 6.07) is -0.677. The Balaban J connectivity index is 2.06. The third-order valence-corrected chi connectivity index (χ3v) is 10.2. The summed E-state index contributed by atoms with van der Waals surface area (Å²) in [5.74, 6) is -1.13. The molecule has 0 aliphatic carbocycles. The summed E-state index contributed by atoms with van der Waals surface area (Å²) in [5, 5.41) is 9.87. The third-order valence-electron chi connectivity index (χ3n) is 8.11. The minimum atomic E-state index is -0.687. The molecule has 3 aliphatic rings. The highest BCUT2D eigenvalue weighted by Gasteiger charge is 2.76. The van der Waals surface area contributed by atoms with Crippen LogP contribution in [0.1, 0.15) is 53.4 Å². The first-order chi connectivity index (χ1) is 16.7. The fraction of sp³-hybridized carbons (Fsp3) is 0.741. The van der Waals surface area contributed by atoms with Crippen LogP contribution in [-0.2, 0) is 14.4 Å². The second kappa shape index (κ2) is 11.5. The van der Waals surface area contributed by atoms with Crippen LogP contribution >= 0.6 is 11.8 Å². The third kappa shape index (κ3) is 4.57. The van der Waals surface area contributed by atoms with Crippen LogP contribution in [0.2, 0.25) is 0 Å². The Kier molecular flexibility index (Phi) is 9.13. The van der Waals surface area contributed by atoms with Gasteiger partial charge in [-0.05, 0) is 32.1 Å². The van der Waals surface area contributed by atoms with Gasteiger partial charge in [-0.15, -0.1) is 24.9 Å². The maximum absolute atomic E-state index is 14.2. The molecule has 1 spiro atoms. The molecule has 0 aromatic carbocycles. The maximum Gasteiger partial charge on any atom is 0.247 e. The van der Waals surface area contributed by atoms with Gasteiger partial charge in [0.15, 0.2) is 0 Å². The van der Waals surface area contributed by atoms with Crippen LogP contribution in [-0.4, -0.2) is 92.4 Å². The predicted octanol–water partition coefficient (Wildman–Crippen LogP) is 2.94. The largest absolute Gasteiger partial charge is 0.395 e. The summed E-state index contributed by atoms with van der Waals surface area (Å²) < 4.78 is -0.661. The van der Waals surface area contributed by atoms with Gasteiger partial charge in [0.25, 0.3) is 0 Å². The van der Waals surface area contributed by atoms with Gasteiger partial charge in [0.1, 0.15) is 6.04 Å². The Hall–Kier alpha value is -1.80. The molecule has 0 aromatic heterocycles. The molecule has 3 aliphatic heterocycles. The highest BCUT2D eigenvalue weighted by atomic mass is 32.2. The Morgan fingerprint density at radius 2 is 1.91 bits per heavy atom. The predicted molar refractivity (Wildman–Crippen MR) is 141 cm³/mol. The summed E-state index contributed by atoms with van der Waals surface area (Å²) in [7, 11) is 0. The molecule has 3 fully saturated rings. The van der Waals surface area contributed by atoms with E-state index in [1.165, 1.54) is 0 Å². The number of fused-ring (bicyclic) bond motifs is 1. The molecule has 2 bridgehead atoms. The Morgan fingerprint density at radius 1 is 1.23 bits per heavy atom. The van der Waals surface area contributed by atoms with E-state index in [0.29, 0.717) is 19.6 Å². The van der Waals surface area contributed by atoms with Gasteiger partial charge in [0.05, 0.1) is 23.2 Å². The standard InChI is InChI=1S/C27H43N3O4S/c1-7-11-19(6)29(14-10-4)26(34)23-27-18(5)17-20(35-27)21(22(27)25(33)30(23)15-16-31)24(32)28(12-8-2)13-9-3/h8,10,18-23,31H,2,4,7,9,11-17H2,1,3,5-6H3/t18?,19?,20-,21+,22+,23?,27?/m1/s1. The van der Waals surface area contributed by atoms with Crippen LogP contribution in [0, 0.1) is 17.8 Å². The highest BCUT2D eigenvalue weighted by Crippen LogP contribution is 2.68. The van der Waals surface area contributed by atoms with Crippen molar-refractivity contribution in [1.82, 2.24) is 14.7 Å². The van der Waals surface area contributed by atoms with Crippen LogP contribution in [0.15, 0.2) is 25.3 Å². The maximum atomic E-state index is 14.2. The molecule has 196 valence electrons. The molecule has 0 saturated carbocycles. The molecule has 1 N–H and O–H groups in total. The Labute approximate surface area is 215 Å². The Bertz CT molecular complexity index is 835. The molecule has 4 unspecified atom stereocenters. The van der Waals surface area contributed by atoms with Crippen molar-refractivity contribution in [3.63, 3.8) is 0 Å². The first kappa shape index (κ1) is 27.8. The van der Waals surface area contributed by atoms with E-state index in [9.17, 15) is 19.5 Å². The summed E-state index contributed by atoms with van der Waals surface area (Å²) in [5.41, 5.74) is 0. The molecule has 7 atom stereocenters. The molecule has 35 heavy (non-hydrogen) atoms. The number of nitrogens with zero attached hydrogens (tertiary/aromatic N) is 3. The SMILES string of the molecule is C=CCN(CCC)C(=O)[C@@H]1[C@H]2C(=O)N(CCO)C(C(=O)N(CC=C)C(C)CCC)C23S[C@@H]1CC3C. The first-order valence-electron chi connectivity index (χ1n) is 13.1. The normalized spacial score (nSPS) is 31.9. The number of β-amino-alcohol motifs (C(OH)–C–C–N with tert-alkyl or cyclic N) is 1. The summed E-state index contributed by atoms with van der Waals surface area (Å²) >= 11 is 1.69. The number of carbonyl (C=O) groups is 3. The molecule has 8 heteroatoms. The van der Waals surface area contributed by atoms with Gasteiger partial charge >= 0.3 is 0 Å². The van der Waals surface area contributed by atoms with E-state index in [0.717, 1.165) is 25.7 Å². The average Bonchev–Trinajstić information content (AvgIpc) is 3.41. The first-order valence-corrected chi connectivity index (χ1v) is 14.0. The Morgan fingerprint density at radius 3 is 2.49 bits per heavy atom. The fourth-order valence-corrected chi connectivity index (χ4v) is 9.12. The fourth-order valence-electron chi connectivity index (χ4n) is 6.71. The lowest BCUT2D eigenvalue weighted by Gasteiger charge is -2.42. The minimum Gasteiger partial charge on any atom is -0.395 e. The van der Waals surface area contributed by atoms with Crippen molar-refractivity contribution < 1.29 is 19.5 Å². The van der Waals surface area contributed by atoms with Gasteiger partial charge in [-0.3, -0.25) is 14.4 Å². The van der Waals surface area contributed by atoms with Crippen LogP contribution in [0.4, 0.5) is 0 Å². The number of rotatable bonds is 13. The quantitative estimate of drug-likeness (QED) is 0.389. The number of carbonyl (C=O) groups excluding carboxylic acids is 3. The lowest BCUT2D eigenvalue weighted by atomic mass is 9.65. The molecule has 0 radical (unpaired) electrons. The molecular formula is C27H43N3O4S. The smallest absolute Gasteiger partial charge is 0.247 e. The van der Waals surface area contributed by atoms with Gasteiger partial charge in [0.2, 0.25) is 17.7 Å². The lowest BCUT2D eigenvalue weighted by Crippen LogP contribution is -2.59. The van der Waals surface area contributed by atoms with Crippen LogP contribution in [0.5, 0.6) is 0 Å². The van der Waals surface area contributed by atoms with E-state index in [2.05, 4.69) is 27.0 Å². The van der Waals surface area contributed by atoms with E-state index < -0.39 is 22.6 Å². The number of likely N-dealkylation sites (tertiary alicyclic amines) is 1. The van der Waals surface area contributed by atoms with E-state index in [4.69, 9.17) is 0 Å². The van der Waals surface area contributed by atoms with Crippen molar-refractivity contribution >= 4 is 29.5 Å². The second-order valence-electron chi connectivity index (χ2n) is 10.3. The van der Waals surface area contributed by atoms with Crippen LogP contribution < -0.4 is 0 Å². The number of hydrogen-bond acceptors (Lipinski definition) is 5. The molecule has 0 aromatic rings. The molecule has 3 amide bonds. The summed E-state index contributed by atoms with van der Waals surface area (Å²) in [4.78, 5) is 47.3. The minimum absolute atomic E-state index is 0.00396. The van der Waals surface area contributed by atoms with Crippen molar-refractivity contribution in [2.24, 2.45) is 17.8 Å². The summed E-state index contributed by atoms with van der Waals surface area (Å²) in [6.07, 6.45) is 6.90. The number of hydrogen-bond donors (Lipinski definition) is 1. The van der Waals surface area contributed by atoms with E-state index >= 15 is 0 Å². The lowest BCUT2D eigenvalue weighted by molar-refractivity contribution is -0.145. The van der Waals surface area contributed by atoms with Crippen molar-refractivity contribution in [2.75, 3.05) is 32.8 Å². The van der Waals surface area contributed by atoms with Crippen molar-refractivity contribution in [2.45, 2.75) is 75.5 Å². The topological polar surface area (TPSA) is 81.2 Å². The molecule has 3 rings (SSSR count). The zero-order valence-electron chi connectivity index (χ0n) is 21.8. The second-order valence-corrected chi connectivity index (χ2v) is 11.8. The van der Waals surface area contributed by atoms with Crippen molar-refractivity contribution in [3.8, 4) is 0 Å². The monoisotopic (exact) mass is 505 g/mol. The van der Waals surface area contributed by atoms with Crippen LogP contribution in [0.25, 0.3) is 0 Å². The number of amides is 3. The number of aliphatic hydroxyl groups is 1. The molecule has 7 nitrogen and oxygen atoms in total. The number of thioether (sulfide) groups is 1. The molecule has 3 heterocycles. The van der Waals surface area contributed by atoms with Crippen molar-refractivity contribution in [3.05, 3.63) is 25.3 Å².